The lowest BCUT2D eigenvalue weighted by atomic mass is 10.2. The second-order valence-corrected chi connectivity index (χ2v) is 4.86. The highest BCUT2D eigenvalue weighted by atomic mass is 35.5. The van der Waals surface area contributed by atoms with Crippen molar-refractivity contribution in [3.05, 3.63) is 47.0 Å². The van der Waals surface area contributed by atoms with Crippen molar-refractivity contribution in [3.63, 3.8) is 0 Å². The van der Waals surface area contributed by atoms with Gasteiger partial charge >= 0.3 is 0 Å². The Hall–Kier alpha value is -2.01. The number of benzene rings is 1. The number of aryl methyl sites for hydroxylation is 1. The first-order valence-corrected chi connectivity index (χ1v) is 6.83. The zero-order valence-corrected chi connectivity index (χ0v) is 12.0. The van der Waals surface area contributed by atoms with Crippen LogP contribution in [0.1, 0.15) is 29.5 Å². The number of aromatic nitrogens is 2. The fraction of sp³-hybridized carbons (Fsp3) is 0.286. The van der Waals surface area contributed by atoms with Gasteiger partial charge in [0.2, 0.25) is 5.91 Å². The lowest BCUT2D eigenvalue weighted by molar-refractivity contribution is 0.100. The van der Waals surface area contributed by atoms with Gasteiger partial charge in [0.05, 0.1) is 17.1 Å². The molecule has 0 spiro atoms. The normalized spacial score (nSPS) is 10.5. The Labute approximate surface area is 122 Å². The molecule has 1 amide bonds. The van der Waals surface area contributed by atoms with Gasteiger partial charge in [-0.15, -0.1) is 0 Å². The Bertz CT molecular complexity index is 609. The molecule has 0 atom stereocenters. The largest absolute Gasteiger partial charge is 0.378 e. The molecule has 1 aromatic carbocycles. The third-order valence-electron chi connectivity index (χ3n) is 2.95. The number of anilines is 1. The van der Waals surface area contributed by atoms with Crippen LogP contribution in [0.4, 0.5) is 5.69 Å². The number of primary amides is 1. The van der Waals surface area contributed by atoms with Crippen LogP contribution in [0.25, 0.3) is 0 Å². The first-order valence-electron chi connectivity index (χ1n) is 6.45. The summed E-state index contributed by atoms with van der Waals surface area (Å²) in [6.45, 7) is 3.66. The molecule has 0 fully saturated rings. The topological polar surface area (TPSA) is 72.9 Å². The van der Waals surface area contributed by atoms with Crippen molar-refractivity contribution in [2.75, 3.05) is 5.32 Å². The van der Waals surface area contributed by atoms with Crippen LogP contribution in [0.5, 0.6) is 0 Å². The predicted molar refractivity (Wildman–Crippen MR) is 79.8 cm³/mol. The highest BCUT2D eigenvalue weighted by Gasteiger charge is 2.07. The van der Waals surface area contributed by atoms with E-state index >= 15 is 0 Å². The average Bonchev–Trinajstić information content (AvgIpc) is 2.84. The maximum absolute atomic E-state index is 11.1. The van der Waals surface area contributed by atoms with Crippen LogP contribution in [-0.4, -0.2) is 15.5 Å². The molecule has 6 heteroatoms. The zero-order valence-electron chi connectivity index (χ0n) is 11.3. The molecule has 0 bridgehead atoms. The Kier molecular flexibility index (Phi) is 4.63. The smallest absolute Gasteiger partial charge is 0.250 e. The van der Waals surface area contributed by atoms with Gasteiger partial charge in [-0.25, -0.2) is 4.98 Å². The van der Waals surface area contributed by atoms with Gasteiger partial charge in [0, 0.05) is 24.6 Å². The molecule has 5 nitrogen and oxygen atoms in total. The van der Waals surface area contributed by atoms with Crippen molar-refractivity contribution in [1.29, 1.82) is 0 Å². The highest BCUT2D eigenvalue weighted by Crippen LogP contribution is 2.21. The molecule has 0 saturated heterocycles. The summed E-state index contributed by atoms with van der Waals surface area (Å²) in [6, 6.07) is 5.08. The third-order valence-corrected chi connectivity index (χ3v) is 3.26. The SMILES string of the molecule is CCCn1ccnc1CNc1ccc(C(N)=O)c(Cl)c1. The minimum absolute atomic E-state index is 0.324. The van der Waals surface area contributed by atoms with Gasteiger partial charge in [0.25, 0.3) is 0 Å². The number of carbonyl (C=O) groups excluding carboxylic acids is 1. The van der Waals surface area contributed by atoms with E-state index in [-0.39, 0.29) is 0 Å². The van der Waals surface area contributed by atoms with Crippen molar-refractivity contribution in [2.45, 2.75) is 26.4 Å². The number of rotatable bonds is 6. The van der Waals surface area contributed by atoms with Gasteiger partial charge in [-0.3, -0.25) is 4.79 Å². The van der Waals surface area contributed by atoms with E-state index in [1.165, 1.54) is 0 Å². The average molecular weight is 293 g/mol. The number of halogens is 1. The summed E-state index contributed by atoms with van der Waals surface area (Å²) in [7, 11) is 0. The predicted octanol–water partition coefficient (Wildman–Crippen LogP) is 2.66. The summed E-state index contributed by atoms with van der Waals surface area (Å²) in [5.74, 6) is 0.432. The van der Waals surface area contributed by atoms with Gasteiger partial charge < -0.3 is 15.6 Å². The summed E-state index contributed by atoms with van der Waals surface area (Å²) in [4.78, 5) is 15.4. The summed E-state index contributed by atoms with van der Waals surface area (Å²) < 4.78 is 2.10. The van der Waals surface area contributed by atoms with Crippen LogP contribution in [0, 0.1) is 0 Å². The lowest BCUT2D eigenvalue weighted by Crippen LogP contribution is -2.12. The standard InChI is InChI=1S/C14H17ClN4O/c1-2-6-19-7-5-17-13(19)9-18-10-3-4-11(14(16)20)12(15)8-10/h3-5,7-8,18H,2,6,9H2,1H3,(H2,16,20). The molecule has 2 aromatic rings. The van der Waals surface area contributed by atoms with Gasteiger partial charge in [-0.05, 0) is 24.6 Å². The van der Waals surface area contributed by atoms with E-state index in [2.05, 4.69) is 21.8 Å². The highest BCUT2D eigenvalue weighted by molar-refractivity contribution is 6.34. The summed E-state index contributed by atoms with van der Waals surface area (Å²) >= 11 is 6.00. The van der Waals surface area contributed by atoms with Crippen LogP contribution in [-0.2, 0) is 13.1 Å². The lowest BCUT2D eigenvalue weighted by Gasteiger charge is -2.10. The monoisotopic (exact) mass is 292 g/mol. The van der Waals surface area contributed by atoms with E-state index in [0.717, 1.165) is 24.5 Å². The Balaban J connectivity index is 2.05. The molecular formula is C14H17ClN4O. The molecule has 3 N–H and O–H groups in total. The number of nitrogens with zero attached hydrogens (tertiary/aromatic N) is 2. The first kappa shape index (κ1) is 14.4. The quantitative estimate of drug-likeness (QED) is 0.859. The van der Waals surface area contributed by atoms with Crippen LogP contribution in [0.2, 0.25) is 5.02 Å². The molecular weight excluding hydrogens is 276 g/mol. The fourth-order valence-electron chi connectivity index (χ4n) is 1.96. The van der Waals surface area contributed by atoms with Gasteiger partial charge in [0.1, 0.15) is 5.82 Å². The maximum atomic E-state index is 11.1. The first-order chi connectivity index (χ1) is 9.61. The van der Waals surface area contributed by atoms with Crippen LogP contribution >= 0.6 is 11.6 Å². The number of hydrogen-bond acceptors (Lipinski definition) is 3. The minimum atomic E-state index is -0.528. The van der Waals surface area contributed by atoms with Crippen molar-refractivity contribution >= 4 is 23.2 Å². The molecule has 1 aromatic heterocycles. The third kappa shape index (κ3) is 3.30. The summed E-state index contributed by atoms with van der Waals surface area (Å²) in [6.07, 6.45) is 4.81. The Morgan fingerprint density at radius 1 is 1.50 bits per heavy atom. The number of amides is 1. The number of nitrogens with one attached hydrogen (secondary N) is 1. The van der Waals surface area contributed by atoms with Crippen LogP contribution < -0.4 is 11.1 Å². The molecule has 106 valence electrons. The van der Waals surface area contributed by atoms with Gasteiger partial charge in [-0.1, -0.05) is 18.5 Å². The summed E-state index contributed by atoms with van der Waals surface area (Å²) in [5.41, 5.74) is 6.36. The van der Waals surface area contributed by atoms with E-state index in [9.17, 15) is 4.79 Å². The minimum Gasteiger partial charge on any atom is -0.378 e. The van der Waals surface area contributed by atoms with Crippen molar-refractivity contribution < 1.29 is 4.79 Å². The van der Waals surface area contributed by atoms with Crippen LogP contribution in [0.3, 0.4) is 0 Å². The van der Waals surface area contributed by atoms with E-state index in [0.29, 0.717) is 17.1 Å². The molecule has 0 aliphatic heterocycles. The van der Waals surface area contributed by atoms with E-state index < -0.39 is 5.91 Å². The molecule has 0 saturated carbocycles. The maximum Gasteiger partial charge on any atom is 0.250 e. The van der Waals surface area contributed by atoms with Crippen LogP contribution in [0.15, 0.2) is 30.6 Å². The molecule has 0 unspecified atom stereocenters. The number of nitrogens with two attached hydrogens (primary N) is 1. The molecule has 1 heterocycles. The molecule has 0 radical (unpaired) electrons. The second kappa shape index (κ2) is 6.43. The number of imidazole rings is 1. The Morgan fingerprint density at radius 3 is 2.95 bits per heavy atom. The van der Waals surface area contributed by atoms with Crippen molar-refractivity contribution in [2.24, 2.45) is 5.73 Å². The van der Waals surface area contributed by atoms with Crippen molar-refractivity contribution in [1.82, 2.24) is 9.55 Å². The molecule has 2 rings (SSSR count). The number of hydrogen-bond donors (Lipinski definition) is 2. The Morgan fingerprint density at radius 2 is 2.30 bits per heavy atom. The molecule has 20 heavy (non-hydrogen) atoms. The van der Waals surface area contributed by atoms with E-state index in [1.54, 1.807) is 24.4 Å². The van der Waals surface area contributed by atoms with Gasteiger partial charge in [0.15, 0.2) is 0 Å². The zero-order chi connectivity index (χ0) is 14.5. The summed E-state index contributed by atoms with van der Waals surface area (Å²) in [5, 5.41) is 3.58. The van der Waals surface area contributed by atoms with Crippen molar-refractivity contribution in [3.8, 4) is 0 Å². The van der Waals surface area contributed by atoms with Gasteiger partial charge in [-0.2, -0.15) is 0 Å². The number of carbonyl (C=O) groups is 1. The molecule has 0 aliphatic carbocycles. The fourth-order valence-corrected chi connectivity index (χ4v) is 2.23. The van der Waals surface area contributed by atoms with E-state index in [1.807, 2.05) is 6.20 Å². The molecule has 0 aliphatic rings. The van der Waals surface area contributed by atoms with E-state index in [4.69, 9.17) is 17.3 Å². The second-order valence-electron chi connectivity index (χ2n) is 4.45.